The lowest BCUT2D eigenvalue weighted by Crippen LogP contribution is -2.37. The second kappa shape index (κ2) is 6.17. The lowest BCUT2D eigenvalue weighted by molar-refractivity contribution is -0.138. The first-order valence-corrected chi connectivity index (χ1v) is 5.56. The number of amides is 2. The van der Waals surface area contributed by atoms with Crippen molar-refractivity contribution >= 4 is 35.1 Å². The van der Waals surface area contributed by atoms with Crippen molar-refractivity contribution in [3.8, 4) is 0 Å². The molecule has 19 heavy (non-hydrogen) atoms. The minimum Gasteiger partial charge on any atom is -0.481 e. The van der Waals surface area contributed by atoms with Gasteiger partial charge in [0.05, 0.1) is 23.0 Å². The van der Waals surface area contributed by atoms with E-state index in [1.54, 1.807) is 0 Å². The maximum absolute atomic E-state index is 11.5. The van der Waals surface area contributed by atoms with E-state index < -0.39 is 30.2 Å². The molecule has 6 N–H and O–H groups in total. The van der Waals surface area contributed by atoms with Crippen molar-refractivity contribution in [2.45, 2.75) is 12.5 Å². The molecule has 0 spiro atoms. The van der Waals surface area contributed by atoms with Gasteiger partial charge in [0, 0.05) is 5.69 Å². The number of carboxylic acid groups (broad SMARTS) is 1. The molecule has 0 saturated carbocycles. The Kier molecular flexibility index (Phi) is 4.85. The predicted octanol–water partition coefficient (Wildman–Crippen LogP) is 0.179. The van der Waals surface area contributed by atoms with E-state index in [4.69, 9.17) is 28.2 Å². The van der Waals surface area contributed by atoms with Crippen LogP contribution in [0.5, 0.6) is 0 Å². The topological polar surface area (TPSA) is 136 Å². The van der Waals surface area contributed by atoms with Gasteiger partial charge in [0.15, 0.2) is 0 Å². The number of primary amides is 1. The Hall–Kier alpha value is -2.12. The number of carboxylic acids is 1. The number of carbonyl (C=O) groups is 3. The van der Waals surface area contributed by atoms with Crippen molar-refractivity contribution in [1.82, 2.24) is 0 Å². The molecular formula is C11H12ClN3O4. The SMILES string of the molecule is NC(=O)c1ccc(NC(=O)C(N)CC(=O)O)cc1Cl. The van der Waals surface area contributed by atoms with E-state index >= 15 is 0 Å². The lowest BCUT2D eigenvalue weighted by Gasteiger charge is -2.11. The first-order valence-electron chi connectivity index (χ1n) is 5.19. The zero-order valence-electron chi connectivity index (χ0n) is 9.72. The van der Waals surface area contributed by atoms with E-state index in [0.29, 0.717) is 5.69 Å². The highest BCUT2D eigenvalue weighted by molar-refractivity contribution is 6.34. The average molecular weight is 286 g/mol. The second-order valence-corrected chi connectivity index (χ2v) is 4.16. The Morgan fingerprint density at radius 1 is 1.37 bits per heavy atom. The average Bonchev–Trinajstić information content (AvgIpc) is 2.27. The molecule has 1 unspecified atom stereocenters. The number of nitrogens with two attached hydrogens (primary N) is 2. The molecule has 1 aromatic rings. The van der Waals surface area contributed by atoms with E-state index in [2.05, 4.69) is 5.32 Å². The third kappa shape index (κ3) is 4.23. The van der Waals surface area contributed by atoms with Crippen molar-refractivity contribution in [1.29, 1.82) is 0 Å². The minimum absolute atomic E-state index is 0.0807. The lowest BCUT2D eigenvalue weighted by atomic mass is 10.1. The van der Waals surface area contributed by atoms with Gasteiger partial charge < -0.3 is 21.9 Å². The van der Waals surface area contributed by atoms with Crippen LogP contribution in [0.1, 0.15) is 16.8 Å². The molecule has 0 fully saturated rings. The van der Waals surface area contributed by atoms with Crippen molar-refractivity contribution in [2.24, 2.45) is 11.5 Å². The number of hydrogen-bond acceptors (Lipinski definition) is 4. The van der Waals surface area contributed by atoms with Gasteiger partial charge >= 0.3 is 5.97 Å². The summed E-state index contributed by atoms with van der Waals surface area (Å²) in [5, 5.41) is 11.0. The molecule has 0 heterocycles. The largest absolute Gasteiger partial charge is 0.481 e. The van der Waals surface area contributed by atoms with E-state index in [0.717, 1.165) is 0 Å². The molecule has 2 amide bonds. The summed E-state index contributed by atoms with van der Waals surface area (Å²) < 4.78 is 0. The van der Waals surface area contributed by atoms with Gasteiger partial charge in [0.1, 0.15) is 0 Å². The number of rotatable bonds is 5. The monoisotopic (exact) mass is 285 g/mol. The summed E-state index contributed by atoms with van der Waals surface area (Å²) in [4.78, 5) is 32.9. The van der Waals surface area contributed by atoms with E-state index in [9.17, 15) is 14.4 Å². The van der Waals surface area contributed by atoms with Gasteiger partial charge in [-0.3, -0.25) is 14.4 Å². The molecule has 7 nitrogen and oxygen atoms in total. The number of halogens is 1. The summed E-state index contributed by atoms with van der Waals surface area (Å²) in [6.07, 6.45) is -0.487. The van der Waals surface area contributed by atoms with Gasteiger partial charge in [-0.05, 0) is 18.2 Å². The van der Waals surface area contributed by atoms with Crippen LogP contribution in [-0.4, -0.2) is 28.9 Å². The minimum atomic E-state index is -1.18. The van der Waals surface area contributed by atoms with Crippen LogP contribution in [0.4, 0.5) is 5.69 Å². The van der Waals surface area contributed by atoms with Gasteiger partial charge in [-0.2, -0.15) is 0 Å². The van der Waals surface area contributed by atoms with Crippen LogP contribution < -0.4 is 16.8 Å². The Balaban J connectivity index is 2.78. The maximum Gasteiger partial charge on any atom is 0.305 e. The summed E-state index contributed by atoms with van der Waals surface area (Å²) in [5.41, 5.74) is 10.9. The summed E-state index contributed by atoms with van der Waals surface area (Å²) in [6, 6.07) is 2.92. The van der Waals surface area contributed by atoms with Crippen molar-refractivity contribution in [2.75, 3.05) is 5.32 Å². The molecule has 1 atom stereocenters. The molecule has 102 valence electrons. The number of hydrogen-bond donors (Lipinski definition) is 4. The fraction of sp³-hybridized carbons (Fsp3) is 0.182. The van der Waals surface area contributed by atoms with Crippen molar-refractivity contribution in [3.05, 3.63) is 28.8 Å². The quantitative estimate of drug-likeness (QED) is 0.612. The highest BCUT2D eigenvalue weighted by Crippen LogP contribution is 2.20. The Bertz CT molecular complexity index is 533. The van der Waals surface area contributed by atoms with Crippen LogP contribution in [0.25, 0.3) is 0 Å². The van der Waals surface area contributed by atoms with Gasteiger partial charge in [-0.15, -0.1) is 0 Å². The number of nitrogens with one attached hydrogen (secondary N) is 1. The zero-order chi connectivity index (χ0) is 14.6. The summed E-state index contributed by atoms with van der Waals surface area (Å²) in [6.45, 7) is 0. The Morgan fingerprint density at radius 3 is 2.47 bits per heavy atom. The van der Waals surface area contributed by atoms with Gasteiger partial charge in [-0.25, -0.2) is 0 Å². The molecular weight excluding hydrogens is 274 g/mol. The third-order valence-corrected chi connectivity index (χ3v) is 2.55. The molecule has 1 rings (SSSR count). The summed E-state index contributed by atoms with van der Waals surface area (Å²) >= 11 is 5.79. The van der Waals surface area contributed by atoms with E-state index in [1.807, 2.05) is 0 Å². The smallest absolute Gasteiger partial charge is 0.305 e. The fourth-order valence-corrected chi connectivity index (χ4v) is 1.58. The first-order chi connectivity index (χ1) is 8.81. The Labute approximate surface area is 113 Å². The van der Waals surface area contributed by atoms with Crippen LogP contribution in [0.3, 0.4) is 0 Å². The molecule has 0 bridgehead atoms. The number of anilines is 1. The molecule has 1 aromatic carbocycles. The van der Waals surface area contributed by atoms with Crippen LogP contribution >= 0.6 is 11.6 Å². The van der Waals surface area contributed by atoms with Crippen LogP contribution in [0.2, 0.25) is 5.02 Å². The molecule has 0 aliphatic rings. The zero-order valence-corrected chi connectivity index (χ0v) is 10.5. The molecule has 0 aliphatic heterocycles. The van der Waals surface area contributed by atoms with Crippen LogP contribution in [0, 0.1) is 0 Å². The molecule has 0 aliphatic carbocycles. The molecule has 0 radical (unpaired) electrons. The highest BCUT2D eigenvalue weighted by Gasteiger charge is 2.17. The normalized spacial score (nSPS) is 11.7. The van der Waals surface area contributed by atoms with Gasteiger partial charge in [-0.1, -0.05) is 11.6 Å². The standard InChI is InChI=1S/C11H12ClN3O4/c12-7-3-5(1-2-6(7)10(14)18)15-11(19)8(13)4-9(16)17/h1-3,8H,4,13H2,(H2,14,18)(H,15,19)(H,16,17). The van der Waals surface area contributed by atoms with Crippen molar-refractivity contribution < 1.29 is 19.5 Å². The number of aliphatic carboxylic acids is 1. The van der Waals surface area contributed by atoms with Crippen molar-refractivity contribution in [3.63, 3.8) is 0 Å². The number of benzene rings is 1. The molecule has 0 aromatic heterocycles. The number of carbonyl (C=O) groups excluding carboxylic acids is 2. The summed E-state index contributed by atoms with van der Waals surface area (Å²) in [7, 11) is 0. The van der Waals surface area contributed by atoms with Gasteiger partial charge in [0.25, 0.3) is 0 Å². The van der Waals surface area contributed by atoms with E-state index in [1.165, 1.54) is 18.2 Å². The summed E-state index contributed by atoms with van der Waals surface area (Å²) in [5.74, 6) is -2.53. The second-order valence-electron chi connectivity index (χ2n) is 3.75. The maximum atomic E-state index is 11.5. The Morgan fingerprint density at radius 2 is 2.00 bits per heavy atom. The fourth-order valence-electron chi connectivity index (χ4n) is 1.31. The van der Waals surface area contributed by atoms with Crippen LogP contribution in [0.15, 0.2) is 18.2 Å². The van der Waals surface area contributed by atoms with Gasteiger partial charge in [0.2, 0.25) is 11.8 Å². The van der Waals surface area contributed by atoms with E-state index in [-0.39, 0.29) is 10.6 Å². The third-order valence-electron chi connectivity index (χ3n) is 2.23. The highest BCUT2D eigenvalue weighted by atomic mass is 35.5. The molecule has 8 heteroatoms. The van der Waals surface area contributed by atoms with Crippen LogP contribution in [-0.2, 0) is 9.59 Å². The predicted molar refractivity (Wildman–Crippen MR) is 68.8 cm³/mol. The molecule has 0 saturated heterocycles. The first kappa shape index (κ1) is 14.9.